The van der Waals surface area contributed by atoms with Crippen LogP contribution in [-0.2, 0) is 4.79 Å². The Morgan fingerprint density at radius 1 is 1.23 bits per heavy atom. The Labute approximate surface area is 89.6 Å². The van der Waals surface area contributed by atoms with E-state index >= 15 is 0 Å². The van der Waals surface area contributed by atoms with Gasteiger partial charge in [0.05, 0.1) is 0 Å². The van der Waals surface area contributed by atoms with E-state index < -0.39 is 0 Å². The monoisotopic (exact) mass is 249 g/mol. The third-order valence-corrected chi connectivity index (χ3v) is 2.25. The third-order valence-electron chi connectivity index (χ3n) is 1.85. The highest BCUT2D eigenvalue weighted by atomic mass is 79.9. The largest absolute Gasteiger partial charge is 0.351 e. The molecule has 0 aliphatic carbocycles. The van der Waals surface area contributed by atoms with E-state index in [0.29, 0.717) is 0 Å². The summed E-state index contributed by atoms with van der Waals surface area (Å²) in [7, 11) is 0. The van der Waals surface area contributed by atoms with Gasteiger partial charge in [-0.1, -0.05) is 36.7 Å². The van der Waals surface area contributed by atoms with Gasteiger partial charge in [0.2, 0.25) is 5.91 Å². The quantitative estimate of drug-likeness (QED) is 0.766. The molecule has 1 amide bonds. The first-order valence-electron chi connectivity index (χ1n) is 4.57. The molecule has 0 radical (unpaired) electrons. The number of hydrogen-bond acceptors (Lipinski definition) is 1. The molecule has 0 saturated heterocycles. The molecule has 0 heterocycles. The Kier molecular flexibility index (Phi) is 4.43. The summed E-state index contributed by atoms with van der Waals surface area (Å²) in [5, 5.41) is 3.94. The molecule has 0 fully saturated rings. The molecule has 0 spiro atoms. The molecule has 0 aromatic heterocycles. The summed E-state index contributed by atoms with van der Waals surface area (Å²) in [5.74, 6) is 0.110. The van der Waals surface area contributed by atoms with Crippen LogP contribution < -0.4 is 5.32 Å². The van der Waals surface area contributed by atoms with Crippen LogP contribution in [0.25, 0.3) is 0 Å². The number of rotatable bonds is 3. The summed E-state index contributed by atoms with van der Waals surface area (Å²) < 4.78 is 0. The van der Waals surface area contributed by atoms with Crippen LogP contribution in [0, 0.1) is 5.41 Å². The maximum atomic E-state index is 11.6. The van der Waals surface area contributed by atoms with Crippen molar-refractivity contribution >= 4 is 21.8 Å². The van der Waals surface area contributed by atoms with E-state index in [-0.39, 0.29) is 16.9 Å². The van der Waals surface area contributed by atoms with E-state index in [1.165, 1.54) is 0 Å². The van der Waals surface area contributed by atoms with Crippen LogP contribution in [0.15, 0.2) is 0 Å². The van der Waals surface area contributed by atoms with E-state index in [2.05, 4.69) is 21.2 Å². The van der Waals surface area contributed by atoms with E-state index in [0.717, 1.165) is 11.8 Å². The van der Waals surface area contributed by atoms with Crippen LogP contribution >= 0.6 is 15.9 Å². The van der Waals surface area contributed by atoms with Gasteiger partial charge in [-0.25, -0.2) is 0 Å². The fraction of sp³-hybridized carbons (Fsp3) is 0.900. The fourth-order valence-electron chi connectivity index (χ4n) is 0.794. The summed E-state index contributed by atoms with van der Waals surface area (Å²) in [6.07, 6.45) is 0.939. The average molecular weight is 250 g/mol. The zero-order valence-electron chi connectivity index (χ0n) is 9.20. The van der Waals surface area contributed by atoms with Crippen molar-refractivity contribution in [1.29, 1.82) is 0 Å². The molecule has 1 N–H and O–H groups in total. The van der Waals surface area contributed by atoms with Crippen LogP contribution in [0.4, 0.5) is 0 Å². The highest BCUT2D eigenvalue weighted by molar-refractivity contribution is 9.09. The van der Waals surface area contributed by atoms with Gasteiger partial charge in [0.25, 0.3) is 0 Å². The predicted molar refractivity (Wildman–Crippen MR) is 60.1 cm³/mol. The van der Waals surface area contributed by atoms with Crippen molar-refractivity contribution in [3.63, 3.8) is 0 Å². The second-order valence-electron chi connectivity index (χ2n) is 5.03. The molecule has 0 bridgehead atoms. The van der Waals surface area contributed by atoms with Crippen LogP contribution in [0.3, 0.4) is 0 Å². The first kappa shape index (κ1) is 12.9. The standard InChI is InChI=1S/C10H20BrNO/c1-9(2,3)8(13)12-10(4,5)6-7-11/h6-7H2,1-5H3,(H,12,13). The molecule has 0 aromatic rings. The van der Waals surface area contributed by atoms with Crippen LogP contribution in [0.2, 0.25) is 0 Å². The van der Waals surface area contributed by atoms with E-state index in [1.807, 2.05) is 34.6 Å². The zero-order chi connectivity index (χ0) is 10.7. The van der Waals surface area contributed by atoms with Crippen molar-refractivity contribution in [1.82, 2.24) is 5.32 Å². The molecular formula is C10H20BrNO. The lowest BCUT2D eigenvalue weighted by molar-refractivity contribution is -0.130. The third kappa shape index (κ3) is 5.29. The number of alkyl halides is 1. The van der Waals surface area contributed by atoms with Gasteiger partial charge in [0, 0.05) is 16.3 Å². The predicted octanol–water partition coefficient (Wildman–Crippen LogP) is 2.71. The minimum absolute atomic E-state index is 0.110. The maximum absolute atomic E-state index is 11.6. The molecule has 0 rings (SSSR count). The van der Waals surface area contributed by atoms with Crippen LogP contribution in [0.1, 0.15) is 41.0 Å². The highest BCUT2D eigenvalue weighted by Crippen LogP contribution is 2.17. The van der Waals surface area contributed by atoms with Gasteiger partial charge in [0.1, 0.15) is 0 Å². The lowest BCUT2D eigenvalue weighted by Crippen LogP contribution is -2.48. The van der Waals surface area contributed by atoms with Crippen LogP contribution in [0.5, 0.6) is 0 Å². The second kappa shape index (κ2) is 4.45. The normalized spacial score (nSPS) is 12.8. The number of carbonyl (C=O) groups is 1. The Hall–Kier alpha value is -0.0500. The summed E-state index contributed by atoms with van der Waals surface area (Å²) >= 11 is 3.37. The van der Waals surface area contributed by atoms with Gasteiger partial charge in [-0.05, 0) is 20.3 Å². The second-order valence-corrected chi connectivity index (χ2v) is 5.82. The zero-order valence-corrected chi connectivity index (χ0v) is 10.8. The maximum Gasteiger partial charge on any atom is 0.225 e. The molecule has 0 aromatic carbocycles. The molecule has 0 atom stereocenters. The number of halogens is 1. The minimum atomic E-state index is -0.302. The molecule has 0 aliphatic heterocycles. The highest BCUT2D eigenvalue weighted by Gasteiger charge is 2.27. The first-order chi connectivity index (χ1) is 5.69. The summed E-state index contributed by atoms with van der Waals surface area (Å²) in [4.78, 5) is 11.6. The van der Waals surface area contributed by atoms with Gasteiger partial charge in [0.15, 0.2) is 0 Å². The van der Waals surface area contributed by atoms with Gasteiger partial charge in [-0.3, -0.25) is 4.79 Å². The Balaban J connectivity index is 4.20. The summed E-state index contributed by atoms with van der Waals surface area (Å²) in [5.41, 5.74) is -0.419. The fourth-order valence-corrected chi connectivity index (χ4v) is 1.78. The SMILES string of the molecule is CC(C)(CCBr)NC(=O)C(C)(C)C. The van der Waals surface area contributed by atoms with Gasteiger partial charge in [-0.15, -0.1) is 0 Å². The van der Waals surface area contributed by atoms with E-state index in [1.54, 1.807) is 0 Å². The summed E-state index contributed by atoms with van der Waals surface area (Å²) in [6.45, 7) is 9.85. The molecule has 0 unspecified atom stereocenters. The number of amides is 1. The van der Waals surface area contributed by atoms with Crippen LogP contribution in [-0.4, -0.2) is 16.8 Å². The number of hydrogen-bond donors (Lipinski definition) is 1. The van der Waals surface area contributed by atoms with Gasteiger partial charge in [-0.2, -0.15) is 0 Å². The number of nitrogens with one attached hydrogen (secondary N) is 1. The topological polar surface area (TPSA) is 29.1 Å². The Morgan fingerprint density at radius 3 is 2.00 bits per heavy atom. The van der Waals surface area contributed by atoms with E-state index in [9.17, 15) is 4.79 Å². The van der Waals surface area contributed by atoms with Crippen molar-refractivity contribution in [2.45, 2.75) is 46.6 Å². The Bertz CT molecular complexity index is 182. The molecule has 13 heavy (non-hydrogen) atoms. The lowest BCUT2D eigenvalue weighted by Gasteiger charge is -2.29. The first-order valence-corrected chi connectivity index (χ1v) is 5.70. The summed E-state index contributed by atoms with van der Waals surface area (Å²) in [6, 6.07) is 0. The Morgan fingerprint density at radius 2 is 1.69 bits per heavy atom. The van der Waals surface area contributed by atoms with Gasteiger partial charge < -0.3 is 5.32 Å². The van der Waals surface area contributed by atoms with Crippen molar-refractivity contribution < 1.29 is 4.79 Å². The molecule has 0 saturated carbocycles. The minimum Gasteiger partial charge on any atom is -0.351 e. The van der Waals surface area contributed by atoms with Crippen molar-refractivity contribution in [3.8, 4) is 0 Å². The van der Waals surface area contributed by atoms with Crippen molar-refractivity contribution in [3.05, 3.63) is 0 Å². The van der Waals surface area contributed by atoms with Crippen molar-refractivity contribution in [2.24, 2.45) is 5.41 Å². The molecule has 0 aliphatic rings. The molecule has 2 nitrogen and oxygen atoms in total. The molecular weight excluding hydrogens is 230 g/mol. The lowest BCUT2D eigenvalue weighted by atomic mass is 9.92. The molecule has 78 valence electrons. The van der Waals surface area contributed by atoms with E-state index in [4.69, 9.17) is 0 Å². The average Bonchev–Trinajstić information content (AvgIpc) is 1.83. The smallest absolute Gasteiger partial charge is 0.225 e. The number of carbonyl (C=O) groups excluding carboxylic acids is 1. The van der Waals surface area contributed by atoms with Gasteiger partial charge >= 0.3 is 0 Å². The van der Waals surface area contributed by atoms with Crippen molar-refractivity contribution in [2.75, 3.05) is 5.33 Å². The molecule has 3 heteroatoms.